The summed E-state index contributed by atoms with van der Waals surface area (Å²) in [6.45, 7) is 0.587. The highest BCUT2D eigenvalue weighted by molar-refractivity contribution is 5.96. The van der Waals surface area contributed by atoms with Crippen LogP contribution in [0.2, 0.25) is 0 Å². The second-order valence-electron chi connectivity index (χ2n) is 13.6. The van der Waals surface area contributed by atoms with Gasteiger partial charge < -0.3 is 57.6 Å². The van der Waals surface area contributed by atoms with E-state index in [-0.39, 0.29) is 44.1 Å². The molecule has 4 unspecified atom stereocenters. The van der Waals surface area contributed by atoms with Crippen LogP contribution in [0.25, 0.3) is 0 Å². The first-order valence-corrected chi connectivity index (χ1v) is 18.6. The zero-order valence-electron chi connectivity index (χ0n) is 31.3. The van der Waals surface area contributed by atoms with E-state index in [0.29, 0.717) is 38.6 Å². The average Bonchev–Trinajstić information content (AvgIpc) is 3.66. The Morgan fingerprint density at radius 2 is 1.64 bits per heavy atom. The quantitative estimate of drug-likeness (QED) is 0.0203. The van der Waals surface area contributed by atoms with E-state index in [1.165, 1.54) is 0 Å². The number of carbonyl (C=O) groups excluding carboxylic acids is 7. The van der Waals surface area contributed by atoms with Gasteiger partial charge in [-0.05, 0) is 57.4 Å². The molecule has 1 saturated heterocycles. The number of primary amides is 1. The van der Waals surface area contributed by atoms with E-state index in [2.05, 4.69) is 37.4 Å². The van der Waals surface area contributed by atoms with Crippen molar-refractivity contribution in [2.75, 3.05) is 39.5 Å². The van der Waals surface area contributed by atoms with Crippen LogP contribution in [-0.2, 0) is 38.3 Å². The molecule has 2 aliphatic rings. The maximum Gasteiger partial charge on any atom is 0.242 e. The molecule has 0 aromatic heterocycles. The standard InChI is InChI=1S/C35H59N9O11/c1-22(40-34(54)28(21-48)42-35(12-7-15-55-35)31(51)26(17-29(37)49)44-43-24(18-45)19-46)10-11-30(50)38-13-5-6-14-39-33(53)27(41-32(52)25(36)20-47)16-23-8-3-2-4-9-23/h3,8-9,18,22,24-28,42-44,46-48H,2,4-7,10-17,19-21,36H2,1H3,(H2,37,49)(H,38,50)(H,39,53)(H,40,54)(H,41,52)/t22?,24-,25?,26+,27?,28+,35?/m1/s1. The molecule has 1 aliphatic heterocycles. The van der Waals surface area contributed by atoms with Crippen molar-refractivity contribution in [3.05, 3.63) is 23.8 Å². The number of Topliss-reactive ketones (excluding diaryl/α,β-unsaturated/α-hetero) is 1. The summed E-state index contributed by atoms with van der Waals surface area (Å²) in [5, 5.41) is 42.2. The summed E-state index contributed by atoms with van der Waals surface area (Å²) in [7, 11) is 0. The zero-order chi connectivity index (χ0) is 40.8. The first kappa shape index (κ1) is 47.0. The molecule has 1 aliphatic carbocycles. The minimum atomic E-state index is -1.78. The molecule has 1 fully saturated rings. The van der Waals surface area contributed by atoms with Crippen molar-refractivity contribution in [3.8, 4) is 0 Å². The van der Waals surface area contributed by atoms with Crippen molar-refractivity contribution in [2.45, 2.75) is 113 Å². The summed E-state index contributed by atoms with van der Waals surface area (Å²) >= 11 is 0. The fourth-order valence-electron chi connectivity index (χ4n) is 5.81. The van der Waals surface area contributed by atoms with Gasteiger partial charge in [-0.1, -0.05) is 18.2 Å². The second-order valence-corrected chi connectivity index (χ2v) is 13.6. The van der Waals surface area contributed by atoms with Crippen LogP contribution in [0.3, 0.4) is 0 Å². The minimum Gasteiger partial charge on any atom is -0.394 e. The lowest BCUT2D eigenvalue weighted by atomic mass is 9.95. The van der Waals surface area contributed by atoms with Gasteiger partial charge in [-0.15, -0.1) is 0 Å². The van der Waals surface area contributed by atoms with Gasteiger partial charge in [-0.25, -0.2) is 10.9 Å². The number of aliphatic hydroxyl groups excluding tert-OH is 3. The van der Waals surface area contributed by atoms with E-state index >= 15 is 0 Å². The molecule has 5 amide bonds. The Kier molecular flexibility index (Phi) is 21.4. The number of carbonyl (C=O) groups is 7. The molecule has 0 saturated carbocycles. The highest BCUT2D eigenvalue weighted by atomic mass is 16.5. The lowest BCUT2D eigenvalue weighted by Gasteiger charge is -2.35. The number of hydrogen-bond donors (Lipinski definition) is 12. The largest absolute Gasteiger partial charge is 0.394 e. The highest BCUT2D eigenvalue weighted by Crippen LogP contribution is 2.27. The molecular weight excluding hydrogens is 722 g/mol. The summed E-state index contributed by atoms with van der Waals surface area (Å²) in [6.07, 6.45) is 9.76. The number of rotatable bonds is 28. The Balaban J connectivity index is 1.80. The third-order valence-electron chi connectivity index (χ3n) is 8.95. The topological polar surface area (TPSA) is 326 Å². The number of unbranched alkanes of at least 4 members (excludes halogenated alkanes) is 1. The summed E-state index contributed by atoms with van der Waals surface area (Å²) in [5.74, 6) is -3.50. The molecule has 310 valence electrons. The van der Waals surface area contributed by atoms with Gasteiger partial charge in [0.2, 0.25) is 29.5 Å². The average molecular weight is 782 g/mol. The predicted molar refractivity (Wildman–Crippen MR) is 198 cm³/mol. The van der Waals surface area contributed by atoms with Crippen LogP contribution < -0.4 is 48.9 Å². The van der Waals surface area contributed by atoms with Crippen LogP contribution in [0.1, 0.15) is 71.1 Å². The molecule has 0 spiro atoms. The fourth-order valence-corrected chi connectivity index (χ4v) is 5.81. The maximum absolute atomic E-state index is 13.6. The number of ketones is 1. The normalized spacial score (nSPS) is 19.8. The number of nitrogens with one attached hydrogen (secondary N) is 7. The van der Waals surface area contributed by atoms with Gasteiger partial charge in [0.05, 0.1) is 38.3 Å². The van der Waals surface area contributed by atoms with E-state index < -0.39 is 91.7 Å². The van der Waals surface area contributed by atoms with Crippen molar-refractivity contribution in [3.63, 3.8) is 0 Å². The molecule has 1 heterocycles. The molecule has 0 radical (unpaired) electrons. The van der Waals surface area contributed by atoms with Gasteiger partial charge in [0.25, 0.3) is 0 Å². The number of amides is 5. The second kappa shape index (κ2) is 25.1. The van der Waals surface area contributed by atoms with Crippen molar-refractivity contribution in [1.29, 1.82) is 0 Å². The Hall–Kier alpha value is -4.15. The summed E-state index contributed by atoms with van der Waals surface area (Å²) in [5.41, 5.74) is 15.1. The van der Waals surface area contributed by atoms with Crippen LogP contribution in [0.4, 0.5) is 0 Å². The number of allylic oxidation sites excluding steroid dienone is 3. The molecule has 2 rings (SSSR count). The Morgan fingerprint density at radius 1 is 0.909 bits per heavy atom. The van der Waals surface area contributed by atoms with Gasteiger partial charge in [-0.3, -0.25) is 34.1 Å². The fraction of sp³-hybridized carbons (Fsp3) is 0.686. The molecule has 0 aromatic carbocycles. The third kappa shape index (κ3) is 16.6. The van der Waals surface area contributed by atoms with E-state index in [9.17, 15) is 48.9 Å². The lowest BCUT2D eigenvalue weighted by molar-refractivity contribution is -0.150. The van der Waals surface area contributed by atoms with Crippen LogP contribution in [0, 0.1) is 0 Å². The number of aldehydes is 1. The monoisotopic (exact) mass is 781 g/mol. The van der Waals surface area contributed by atoms with Crippen molar-refractivity contribution >= 4 is 41.6 Å². The number of nitrogens with two attached hydrogens (primary N) is 2. The first-order chi connectivity index (χ1) is 26.3. The van der Waals surface area contributed by atoms with Crippen LogP contribution in [0.5, 0.6) is 0 Å². The molecular formula is C35H59N9O11. The van der Waals surface area contributed by atoms with E-state index in [0.717, 1.165) is 18.4 Å². The highest BCUT2D eigenvalue weighted by Gasteiger charge is 2.48. The van der Waals surface area contributed by atoms with Crippen molar-refractivity contribution < 1.29 is 53.6 Å². The molecule has 0 aromatic rings. The summed E-state index contributed by atoms with van der Waals surface area (Å²) < 4.78 is 5.73. The number of hydrogen-bond acceptors (Lipinski definition) is 15. The minimum absolute atomic E-state index is 0.0751. The number of hydrazine groups is 1. The van der Waals surface area contributed by atoms with Crippen molar-refractivity contribution in [2.24, 2.45) is 11.5 Å². The maximum atomic E-state index is 13.6. The zero-order valence-corrected chi connectivity index (χ0v) is 31.3. The molecule has 7 atom stereocenters. The summed E-state index contributed by atoms with van der Waals surface area (Å²) in [6, 6.07) is -6.23. The van der Waals surface area contributed by atoms with E-state index in [1.807, 2.05) is 18.2 Å². The van der Waals surface area contributed by atoms with E-state index in [1.54, 1.807) is 6.92 Å². The van der Waals surface area contributed by atoms with Crippen molar-refractivity contribution in [1.82, 2.24) is 37.4 Å². The summed E-state index contributed by atoms with van der Waals surface area (Å²) in [4.78, 5) is 87.3. The predicted octanol–water partition coefficient (Wildman–Crippen LogP) is -4.32. The van der Waals surface area contributed by atoms with Gasteiger partial charge in [-0.2, -0.15) is 0 Å². The van der Waals surface area contributed by atoms with Crippen LogP contribution >= 0.6 is 0 Å². The van der Waals surface area contributed by atoms with Gasteiger partial charge in [0.1, 0.15) is 24.4 Å². The lowest BCUT2D eigenvalue weighted by Crippen LogP contribution is -2.66. The molecule has 14 N–H and O–H groups in total. The SMILES string of the molecule is CC(CCC(=O)NCCCCNC(=O)C(CC1=CCCC=C1)NC(=O)C(N)CO)NC(=O)[C@H](CO)NC1(C(=O)[C@H](CC(N)=O)NN[C@H](C=O)CO)CCCO1. The van der Waals surface area contributed by atoms with Gasteiger partial charge in [0, 0.05) is 38.6 Å². The Bertz CT molecular complexity index is 1360. The van der Waals surface area contributed by atoms with E-state index in [4.69, 9.17) is 16.2 Å². The third-order valence-corrected chi connectivity index (χ3v) is 8.95. The number of ether oxygens (including phenoxy) is 1. The number of aliphatic hydroxyl groups is 3. The van der Waals surface area contributed by atoms with Crippen LogP contribution in [0.15, 0.2) is 23.8 Å². The van der Waals surface area contributed by atoms with Gasteiger partial charge in [0.15, 0.2) is 11.5 Å². The molecule has 0 bridgehead atoms. The van der Waals surface area contributed by atoms with Crippen LogP contribution in [-0.4, -0.2) is 138 Å². The molecule has 20 nitrogen and oxygen atoms in total. The first-order valence-electron chi connectivity index (χ1n) is 18.6. The Morgan fingerprint density at radius 3 is 2.22 bits per heavy atom. The van der Waals surface area contributed by atoms with Gasteiger partial charge >= 0.3 is 0 Å². The smallest absolute Gasteiger partial charge is 0.242 e. The molecule has 55 heavy (non-hydrogen) atoms. The molecule has 20 heteroatoms. The Labute approximate surface area is 320 Å².